The summed E-state index contributed by atoms with van der Waals surface area (Å²) in [4.78, 5) is 0.0377. The third-order valence-corrected chi connectivity index (χ3v) is 4.11. The van der Waals surface area contributed by atoms with Crippen molar-refractivity contribution in [3.63, 3.8) is 0 Å². The van der Waals surface area contributed by atoms with Gasteiger partial charge in [0.25, 0.3) is 0 Å². The molecule has 3 N–H and O–H groups in total. The van der Waals surface area contributed by atoms with E-state index >= 15 is 0 Å². The molecular formula is C13H12ClFN2O2S. The highest BCUT2D eigenvalue weighted by atomic mass is 35.5. The predicted molar refractivity (Wildman–Crippen MR) is 78.7 cm³/mol. The highest BCUT2D eigenvalue weighted by Gasteiger charge is 2.14. The van der Waals surface area contributed by atoms with Crippen LogP contribution in [0, 0.1) is 5.82 Å². The topological polar surface area (TPSA) is 72.2 Å². The summed E-state index contributed by atoms with van der Waals surface area (Å²) in [6.07, 6.45) is 1.08. The Kier molecular flexibility index (Phi) is 3.87. The van der Waals surface area contributed by atoms with E-state index in [9.17, 15) is 12.8 Å². The summed E-state index contributed by atoms with van der Waals surface area (Å²) in [5.74, 6) is -0.532. The molecule has 4 nitrogen and oxygen atoms in total. The van der Waals surface area contributed by atoms with Gasteiger partial charge in [0.05, 0.1) is 21.3 Å². The molecule has 0 spiro atoms. The summed E-state index contributed by atoms with van der Waals surface area (Å²) in [6, 6.07) is 8.70. The number of para-hydroxylation sites is 1. The van der Waals surface area contributed by atoms with Crippen molar-refractivity contribution in [2.45, 2.75) is 4.90 Å². The Morgan fingerprint density at radius 3 is 2.55 bits per heavy atom. The minimum absolute atomic E-state index is 0.0344. The number of halogens is 2. The molecular weight excluding hydrogens is 303 g/mol. The van der Waals surface area contributed by atoms with E-state index < -0.39 is 15.7 Å². The number of hydrogen-bond donors (Lipinski definition) is 2. The molecule has 106 valence electrons. The minimum Gasteiger partial charge on any atom is -0.396 e. The molecule has 0 saturated heterocycles. The normalized spacial score (nSPS) is 11.3. The average molecular weight is 315 g/mol. The second kappa shape index (κ2) is 5.30. The first kappa shape index (κ1) is 14.6. The van der Waals surface area contributed by atoms with Crippen molar-refractivity contribution in [2.75, 3.05) is 17.3 Å². The zero-order valence-corrected chi connectivity index (χ0v) is 12.1. The molecule has 0 radical (unpaired) electrons. The molecule has 0 unspecified atom stereocenters. The number of nitrogens with one attached hydrogen (secondary N) is 1. The summed E-state index contributed by atoms with van der Waals surface area (Å²) in [7, 11) is -3.41. The van der Waals surface area contributed by atoms with E-state index in [0.29, 0.717) is 11.4 Å². The Balaban J connectivity index is 2.42. The Labute approximate surface area is 121 Å². The van der Waals surface area contributed by atoms with Gasteiger partial charge < -0.3 is 11.1 Å². The molecule has 7 heteroatoms. The van der Waals surface area contributed by atoms with Crippen molar-refractivity contribution in [3.05, 3.63) is 47.2 Å². The van der Waals surface area contributed by atoms with Crippen LogP contribution in [0.25, 0.3) is 0 Å². The summed E-state index contributed by atoms with van der Waals surface area (Å²) in [6.45, 7) is 0. The average Bonchev–Trinajstić information content (AvgIpc) is 2.35. The van der Waals surface area contributed by atoms with Gasteiger partial charge in [-0.15, -0.1) is 0 Å². The van der Waals surface area contributed by atoms with E-state index in [2.05, 4.69) is 5.32 Å². The fourth-order valence-corrected chi connectivity index (χ4v) is 2.72. The first-order chi connectivity index (χ1) is 9.29. The monoisotopic (exact) mass is 314 g/mol. The van der Waals surface area contributed by atoms with Gasteiger partial charge in [-0.25, -0.2) is 12.8 Å². The van der Waals surface area contributed by atoms with Gasteiger partial charge in [-0.2, -0.15) is 0 Å². The van der Waals surface area contributed by atoms with Crippen LogP contribution < -0.4 is 11.1 Å². The molecule has 0 heterocycles. The fourth-order valence-electron chi connectivity index (χ4n) is 1.71. The maximum absolute atomic E-state index is 13.1. The third kappa shape index (κ3) is 3.02. The van der Waals surface area contributed by atoms with E-state index in [0.717, 1.165) is 6.26 Å². The number of hydrogen-bond acceptors (Lipinski definition) is 4. The van der Waals surface area contributed by atoms with Crippen LogP contribution >= 0.6 is 11.6 Å². The predicted octanol–water partition coefficient (Wildman–Crippen LogP) is 3.21. The summed E-state index contributed by atoms with van der Waals surface area (Å²) in [5, 5.41) is 2.88. The largest absolute Gasteiger partial charge is 0.396 e. The quantitative estimate of drug-likeness (QED) is 0.853. The Morgan fingerprint density at radius 1 is 1.25 bits per heavy atom. The van der Waals surface area contributed by atoms with Crippen LogP contribution in [0.4, 0.5) is 21.5 Å². The van der Waals surface area contributed by atoms with Gasteiger partial charge in [-0.05, 0) is 30.3 Å². The highest BCUT2D eigenvalue weighted by molar-refractivity contribution is 7.90. The fraction of sp³-hybridized carbons (Fsp3) is 0.0769. The molecule has 0 atom stereocenters. The van der Waals surface area contributed by atoms with Gasteiger partial charge >= 0.3 is 0 Å². The van der Waals surface area contributed by atoms with Crippen molar-refractivity contribution in [3.8, 4) is 0 Å². The second-order valence-corrected chi connectivity index (χ2v) is 6.63. The summed E-state index contributed by atoms with van der Waals surface area (Å²) in [5.41, 5.74) is 6.86. The lowest BCUT2D eigenvalue weighted by Crippen LogP contribution is -2.05. The number of nitrogen functional groups attached to an aromatic ring is 1. The van der Waals surface area contributed by atoms with Crippen molar-refractivity contribution in [1.29, 1.82) is 0 Å². The maximum Gasteiger partial charge on any atom is 0.177 e. The molecule has 0 bridgehead atoms. The SMILES string of the molecule is CS(=O)(=O)c1cccc(Nc2ccc(F)c(Cl)c2)c1N. The second-order valence-electron chi connectivity index (χ2n) is 4.24. The number of anilines is 3. The van der Waals surface area contributed by atoms with Gasteiger partial charge in [0, 0.05) is 11.9 Å². The molecule has 20 heavy (non-hydrogen) atoms. The lowest BCUT2D eigenvalue weighted by molar-refractivity contribution is 0.602. The maximum atomic E-state index is 13.1. The van der Waals surface area contributed by atoms with Gasteiger partial charge in [0.2, 0.25) is 0 Å². The molecule has 2 rings (SSSR count). The molecule has 0 saturated carbocycles. The first-order valence-electron chi connectivity index (χ1n) is 5.59. The van der Waals surface area contributed by atoms with E-state index in [-0.39, 0.29) is 15.6 Å². The Bertz CT molecular complexity index is 763. The molecule has 2 aromatic carbocycles. The van der Waals surface area contributed by atoms with Gasteiger partial charge in [-0.3, -0.25) is 0 Å². The number of rotatable bonds is 3. The summed E-state index contributed by atoms with van der Waals surface area (Å²) < 4.78 is 36.2. The molecule has 2 aromatic rings. The van der Waals surface area contributed by atoms with E-state index in [1.165, 1.54) is 24.3 Å². The molecule has 0 aliphatic heterocycles. The molecule has 0 fully saturated rings. The van der Waals surface area contributed by atoms with Crippen molar-refractivity contribution in [1.82, 2.24) is 0 Å². The van der Waals surface area contributed by atoms with Crippen LogP contribution in [-0.2, 0) is 9.84 Å². The smallest absolute Gasteiger partial charge is 0.177 e. The lowest BCUT2D eigenvalue weighted by atomic mass is 10.2. The van der Waals surface area contributed by atoms with Gasteiger partial charge in [0.1, 0.15) is 5.82 Å². The number of benzene rings is 2. The Morgan fingerprint density at radius 2 is 1.95 bits per heavy atom. The van der Waals surface area contributed by atoms with Crippen LogP contribution in [0.1, 0.15) is 0 Å². The first-order valence-corrected chi connectivity index (χ1v) is 7.86. The van der Waals surface area contributed by atoms with E-state index in [4.69, 9.17) is 17.3 Å². The zero-order chi connectivity index (χ0) is 14.9. The van der Waals surface area contributed by atoms with Gasteiger partial charge in [0.15, 0.2) is 9.84 Å². The van der Waals surface area contributed by atoms with Crippen LogP contribution in [0.15, 0.2) is 41.3 Å². The standard InChI is InChI=1S/C13H12ClFN2O2S/c1-20(18,19)12-4-2-3-11(13(12)16)17-8-5-6-10(15)9(14)7-8/h2-7,17H,16H2,1H3. The molecule has 0 aliphatic rings. The zero-order valence-electron chi connectivity index (χ0n) is 10.5. The molecule has 0 aliphatic carbocycles. The van der Waals surface area contributed by atoms with Crippen LogP contribution in [0.2, 0.25) is 5.02 Å². The van der Waals surface area contributed by atoms with Gasteiger partial charge in [-0.1, -0.05) is 17.7 Å². The van der Waals surface area contributed by atoms with Crippen LogP contribution in [-0.4, -0.2) is 14.7 Å². The van der Waals surface area contributed by atoms with Crippen molar-refractivity contribution in [2.24, 2.45) is 0 Å². The minimum atomic E-state index is -3.41. The molecule has 0 amide bonds. The van der Waals surface area contributed by atoms with E-state index in [1.54, 1.807) is 12.1 Å². The van der Waals surface area contributed by atoms with Crippen molar-refractivity contribution >= 4 is 38.5 Å². The van der Waals surface area contributed by atoms with E-state index in [1.807, 2.05) is 0 Å². The summed E-state index contributed by atoms with van der Waals surface area (Å²) >= 11 is 5.68. The Hall–Kier alpha value is -1.79. The highest BCUT2D eigenvalue weighted by Crippen LogP contribution is 2.30. The van der Waals surface area contributed by atoms with Crippen LogP contribution in [0.3, 0.4) is 0 Å². The number of sulfone groups is 1. The lowest BCUT2D eigenvalue weighted by Gasteiger charge is -2.12. The number of nitrogens with two attached hydrogens (primary N) is 1. The third-order valence-electron chi connectivity index (χ3n) is 2.66. The van der Waals surface area contributed by atoms with Crippen molar-refractivity contribution < 1.29 is 12.8 Å². The van der Waals surface area contributed by atoms with Crippen LogP contribution in [0.5, 0.6) is 0 Å². The molecule has 0 aromatic heterocycles.